The summed E-state index contributed by atoms with van der Waals surface area (Å²) < 4.78 is 0. The molecular formula is C24H38N6S. The summed E-state index contributed by atoms with van der Waals surface area (Å²) in [5.41, 5.74) is 2.70. The summed E-state index contributed by atoms with van der Waals surface area (Å²) in [6.07, 6.45) is 6.38. The number of hydrogen-bond acceptors (Lipinski definition) is 5. The van der Waals surface area contributed by atoms with Crippen LogP contribution in [-0.4, -0.2) is 68.7 Å². The van der Waals surface area contributed by atoms with Crippen molar-refractivity contribution in [2.45, 2.75) is 39.5 Å². The van der Waals surface area contributed by atoms with Crippen molar-refractivity contribution in [2.24, 2.45) is 4.99 Å². The van der Waals surface area contributed by atoms with Crippen LogP contribution in [0.5, 0.6) is 0 Å². The van der Waals surface area contributed by atoms with E-state index in [2.05, 4.69) is 68.5 Å². The van der Waals surface area contributed by atoms with E-state index in [1.807, 2.05) is 24.6 Å². The van der Waals surface area contributed by atoms with E-state index >= 15 is 0 Å². The number of nitrogens with one attached hydrogen (secondary N) is 2. The maximum Gasteiger partial charge on any atom is 0.190 e. The summed E-state index contributed by atoms with van der Waals surface area (Å²) in [4.78, 5) is 15.3. The fourth-order valence-electron chi connectivity index (χ4n) is 3.86. The lowest BCUT2D eigenvalue weighted by Crippen LogP contribution is -2.46. The van der Waals surface area contributed by atoms with E-state index in [0.29, 0.717) is 0 Å². The normalized spacial score (nSPS) is 15.3. The Bertz CT molecular complexity index is 810. The summed E-state index contributed by atoms with van der Waals surface area (Å²) in [5, 5.41) is 8.03. The van der Waals surface area contributed by atoms with Crippen molar-refractivity contribution >= 4 is 23.0 Å². The van der Waals surface area contributed by atoms with Gasteiger partial charge in [-0.15, -0.1) is 11.3 Å². The molecule has 6 nitrogen and oxygen atoms in total. The number of benzene rings is 1. The molecule has 0 unspecified atom stereocenters. The fourth-order valence-corrected chi connectivity index (χ4v) is 4.72. The van der Waals surface area contributed by atoms with Crippen LogP contribution in [-0.2, 0) is 12.8 Å². The Morgan fingerprint density at radius 1 is 1.13 bits per heavy atom. The van der Waals surface area contributed by atoms with Crippen molar-refractivity contribution in [1.29, 1.82) is 0 Å². The first-order chi connectivity index (χ1) is 15.2. The van der Waals surface area contributed by atoms with Crippen LogP contribution in [0.4, 0.5) is 5.69 Å². The van der Waals surface area contributed by atoms with Crippen molar-refractivity contribution < 1.29 is 0 Å². The van der Waals surface area contributed by atoms with Crippen LogP contribution in [0.2, 0.25) is 0 Å². The van der Waals surface area contributed by atoms with Crippen LogP contribution in [0.25, 0.3) is 0 Å². The minimum Gasteiger partial charge on any atom is -0.369 e. The fraction of sp³-hybridized carbons (Fsp3) is 0.583. The maximum atomic E-state index is 4.48. The molecular weight excluding hydrogens is 404 g/mol. The SMILES string of the molecule is CCc1cnc(CCNC(=NC)NCCCCN2CCN(c3cccc(C)c3)CC2)s1. The monoisotopic (exact) mass is 442 g/mol. The van der Waals surface area contributed by atoms with E-state index in [1.165, 1.54) is 34.1 Å². The minimum atomic E-state index is 0.863. The lowest BCUT2D eigenvalue weighted by molar-refractivity contribution is 0.253. The molecule has 1 aliphatic heterocycles. The number of thiazole rings is 1. The highest BCUT2D eigenvalue weighted by atomic mass is 32.1. The third kappa shape index (κ3) is 7.82. The first kappa shape index (κ1) is 23.5. The third-order valence-electron chi connectivity index (χ3n) is 5.74. The van der Waals surface area contributed by atoms with Crippen LogP contribution >= 0.6 is 11.3 Å². The maximum absolute atomic E-state index is 4.48. The minimum absolute atomic E-state index is 0.863. The Morgan fingerprint density at radius 2 is 1.94 bits per heavy atom. The van der Waals surface area contributed by atoms with Gasteiger partial charge in [0.25, 0.3) is 0 Å². The molecule has 2 aromatic rings. The zero-order chi connectivity index (χ0) is 21.9. The molecule has 1 aromatic heterocycles. The Balaban J connectivity index is 1.24. The van der Waals surface area contributed by atoms with Gasteiger partial charge in [-0.2, -0.15) is 0 Å². The topological polar surface area (TPSA) is 55.8 Å². The number of aryl methyl sites for hydroxylation is 2. The Kier molecular flexibility index (Phi) is 9.62. The molecule has 0 atom stereocenters. The first-order valence-corrected chi connectivity index (χ1v) is 12.4. The van der Waals surface area contributed by atoms with Gasteiger partial charge in [0.2, 0.25) is 0 Å². The number of aliphatic imine (C=N–C) groups is 1. The predicted octanol–water partition coefficient (Wildman–Crippen LogP) is 3.32. The van der Waals surface area contributed by atoms with Gasteiger partial charge in [-0.05, 0) is 50.4 Å². The molecule has 0 amide bonds. The summed E-state index contributed by atoms with van der Waals surface area (Å²) >= 11 is 1.81. The van der Waals surface area contributed by atoms with E-state index in [0.717, 1.165) is 64.5 Å². The molecule has 7 heteroatoms. The summed E-state index contributed by atoms with van der Waals surface area (Å²) in [6.45, 7) is 11.9. The van der Waals surface area contributed by atoms with Crippen molar-refractivity contribution in [3.8, 4) is 0 Å². The highest BCUT2D eigenvalue weighted by Crippen LogP contribution is 2.18. The number of rotatable bonds is 10. The Labute approximate surface area is 191 Å². The first-order valence-electron chi connectivity index (χ1n) is 11.6. The standard InChI is InChI=1S/C24H38N6S/c1-4-22-19-28-23(31-22)10-12-27-24(25-3)26-11-5-6-13-29-14-16-30(17-15-29)21-9-7-8-20(2)18-21/h7-9,18-19H,4-6,10-17H2,1-3H3,(H2,25,26,27). The second kappa shape index (κ2) is 12.7. The van der Waals surface area contributed by atoms with Gasteiger partial charge in [0.1, 0.15) is 0 Å². The predicted molar refractivity (Wildman–Crippen MR) is 134 cm³/mol. The second-order valence-corrected chi connectivity index (χ2v) is 9.32. The lowest BCUT2D eigenvalue weighted by atomic mass is 10.2. The van der Waals surface area contributed by atoms with Gasteiger partial charge in [0, 0.05) is 69.5 Å². The van der Waals surface area contributed by atoms with Crippen molar-refractivity contribution in [3.63, 3.8) is 0 Å². The van der Waals surface area contributed by atoms with Gasteiger partial charge in [-0.1, -0.05) is 19.1 Å². The third-order valence-corrected chi connectivity index (χ3v) is 6.94. The van der Waals surface area contributed by atoms with Gasteiger partial charge in [0.15, 0.2) is 5.96 Å². The Morgan fingerprint density at radius 3 is 2.65 bits per heavy atom. The number of nitrogens with zero attached hydrogens (tertiary/aromatic N) is 4. The van der Waals surface area contributed by atoms with Crippen molar-refractivity contribution in [3.05, 3.63) is 45.9 Å². The van der Waals surface area contributed by atoms with Crippen LogP contribution in [0.3, 0.4) is 0 Å². The zero-order valence-corrected chi connectivity index (χ0v) is 20.2. The van der Waals surface area contributed by atoms with Gasteiger partial charge in [0.05, 0.1) is 5.01 Å². The van der Waals surface area contributed by atoms with Gasteiger partial charge >= 0.3 is 0 Å². The smallest absolute Gasteiger partial charge is 0.190 e. The average Bonchev–Trinajstić information content (AvgIpc) is 3.26. The van der Waals surface area contributed by atoms with E-state index in [4.69, 9.17) is 0 Å². The van der Waals surface area contributed by atoms with Gasteiger partial charge in [-0.3, -0.25) is 9.89 Å². The largest absolute Gasteiger partial charge is 0.369 e. The number of anilines is 1. The molecule has 170 valence electrons. The summed E-state index contributed by atoms with van der Waals surface area (Å²) in [6, 6.07) is 8.85. The quantitative estimate of drug-likeness (QED) is 0.336. The molecule has 0 spiro atoms. The van der Waals surface area contributed by atoms with Gasteiger partial charge in [-0.25, -0.2) is 4.98 Å². The highest BCUT2D eigenvalue weighted by molar-refractivity contribution is 7.11. The van der Waals surface area contributed by atoms with E-state index in [1.54, 1.807) is 0 Å². The molecule has 1 aromatic carbocycles. The second-order valence-electron chi connectivity index (χ2n) is 8.12. The van der Waals surface area contributed by atoms with Crippen LogP contribution in [0.1, 0.15) is 35.2 Å². The van der Waals surface area contributed by atoms with E-state index in [-0.39, 0.29) is 0 Å². The zero-order valence-electron chi connectivity index (χ0n) is 19.4. The van der Waals surface area contributed by atoms with Crippen LogP contribution in [0.15, 0.2) is 35.5 Å². The van der Waals surface area contributed by atoms with Crippen LogP contribution < -0.4 is 15.5 Å². The lowest BCUT2D eigenvalue weighted by Gasteiger charge is -2.36. The molecule has 31 heavy (non-hydrogen) atoms. The average molecular weight is 443 g/mol. The van der Waals surface area contributed by atoms with E-state index in [9.17, 15) is 0 Å². The number of hydrogen-bond donors (Lipinski definition) is 2. The summed E-state index contributed by atoms with van der Waals surface area (Å²) in [5.74, 6) is 0.888. The molecule has 0 saturated carbocycles. The molecule has 0 bridgehead atoms. The molecule has 2 N–H and O–H groups in total. The molecule has 1 saturated heterocycles. The molecule has 3 rings (SSSR count). The highest BCUT2D eigenvalue weighted by Gasteiger charge is 2.16. The Hall–Kier alpha value is -2.12. The molecule has 2 heterocycles. The van der Waals surface area contributed by atoms with Gasteiger partial charge < -0.3 is 15.5 Å². The number of aromatic nitrogens is 1. The molecule has 0 aliphatic carbocycles. The number of unbranched alkanes of at least 4 members (excludes halogenated alkanes) is 1. The number of piperazine rings is 1. The number of guanidine groups is 1. The van der Waals surface area contributed by atoms with Crippen LogP contribution in [0, 0.1) is 6.92 Å². The van der Waals surface area contributed by atoms with Crippen molar-refractivity contribution in [2.75, 3.05) is 57.8 Å². The molecule has 1 aliphatic rings. The summed E-state index contributed by atoms with van der Waals surface area (Å²) in [7, 11) is 1.83. The molecule has 1 fully saturated rings. The van der Waals surface area contributed by atoms with E-state index < -0.39 is 0 Å². The van der Waals surface area contributed by atoms with Crippen molar-refractivity contribution in [1.82, 2.24) is 20.5 Å². The molecule has 0 radical (unpaired) electrons.